The van der Waals surface area contributed by atoms with Crippen molar-refractivity contribution in [3.63, 3.8) is 0 Å². The van der Waals surface area contributed by atoms with E-state index in [0.717, 1.165) is 12.1 Å². The molecule has 1 fully saturated rings. The van der Waals surface area contributed by atoms with Crippen molar-refractivity contribution in [3.05, 3.63) is 35.4 Å². The Balaban J connectivity index is 2.31. The summed E-state index contributed by atoms with van der Waals surface area (Å²) in [5.74, 6) is -0.995. The Hall–Kier alpha value is -1.00. The van der Waals surface area contributed by atoms with Gasteiger partial charge in [-0.2, -0.15) is 0 Å². The van der Waals surface area contributed by atoms with E-state index in [1.165, 1.54) is 6.07 Å². The van der Waals surface area contributed by atoms with E-state index in [4.69, 9.17) is 5.11 Å². The summed E-state index contributed by atoms with van der Waals surface area (Å²) in [7, 11) is 0. The fourth-order valence-electron chi connectivity index (χ4n) is 2.09. The molecule has 0 radical (unpaired) electrons. The van der Waals surface area contributed by atoms with Crippen molar-refractivity contribution in [2.24, 2.45) is 5.92 Å². The molecular weight excluding hydrogens is 200 g/mol. The van der Waals surface area contributed by atoms with Gasteiger partial charge in [-0.25, -0.2) is 8.78 Å². The van der Waals surface area contributed by atoms with Crippen LogP contribution in [-0.2, 0) is 0 Å². The summed E-state index contributed by atoms with van der Waals surface area (Å²) in [6.07, 6.45) is 0. The lowest BCUT2D eigenvalue weighted by Crippen LogP contribution is -2.16. The lowest BCUT2D eigenvalue weighted by atomic mass is 9.89. The minimum atomic E-state index is -0.435. The Morgan fingerprint density at radius 2 is 2.13 bits per heavy atom. The van der Waals surface area contributed by atoms with Crippen LogP contribution in [0, 0.1) is 17.6 Å². The van der Waals surface area contributed by atoms with Gasteiger partial charge in [0.1, 0.15) is 11.6 Å². The van der Waals surface area contributed by atoms with Gasteiger partial charge in [0.25, 0.3) is 0 Å². The van der Waals surface area contributed by atoms with Crippen LogP contribution in [0.5, 0.6) is 0 Å². The van der Waals surface area contributed by atoms with E-state index in [0.29, 0.717) is 18.7 Å². The van der Waals surface area contributed by atoms with E-state index in [-0.39, 0.29) is 18.4 Å². The first-order valence-electron chi connectivity index (χ1n) is 4.99. The lowest BCUT2D eigenvalue weighted by molar-refractivity contribution is 0.225. The van der Waals surface area contributed by atoms with Crippen molar-refractivity contribution in [3.8, 4) is 0 Å². The minimum Gasteiger partial charge on any atom is -0.396 e. The zero-order chi connectivity index (χ0) is 10.8. The molecule has 1 heterocycles. The van der Waals surface area contributed by atoms with Gasteiger partial charge >= 0.3 is 0 Å². The molecule has 2 nitrogen and oxygen atoms in total. The van der Waals surface area contributed by atoms with Crippen molar-refractivity contribution in [2.45, 2.75) is 5.92 Å². The van der Waals surface area contributed by atoms with E-state index in [2.05, 4.69) is 5.32 Å². The maximum absolute atomic E-state index is 13.5. The van der Waals surface area contributed by atoms with Crippen LogP contribution in [0.2, 0.25) is 0 Å². The number of benzene rings is 1. The van der Waals surface area contributed by atoms with E-state index in [9.17, 15) is 8.78 Å². The first kappa shape index (κ1) is 10.5. The Morgan fingerprint density at radius 1 is 1.33 bits per heavy atom. The molecule has 0 unspecified atom stereocenters. The fourth-order valence-corrected chi connectivity index (χ4v) is 2.09. The zero-order valence-corrected chi connectivity index (χ0v) is 8.21. The Kier molecular flexibility index (Phi) is 2.98. The van der Waals surface area contributed by atoms with E-state index in [1.54, 1.807) is 0 Å². The van der Waals surface area contributed by atoms with E-state index < -0.39 is 11.6 Å². The molecule has 82 valence electrons. The molecule has 4 heteroatoms. The standard InChI is InChI=1S/C11H13F2NO/c12-8-1-2-11(13)9(3-8)10-5-14-4-7(10)6-15/h1-3,7,10,14-15H,4-6H2/t7-,10+/m1/s1. The van der Waals surface area contributed by atoms with Gasteiger partial charge in [0.15, 0.2) is 0 Å². The summed E-state index contributed by atoms with van der Waals surface area (Å²) < 4.78 is 26.4. The second-order valence-electron chi connectivity index (χ2n) is 3.87. The third-order valence-electron chi connectivity index (χ3n) is 2.93. The van der Waals surface area contributed by atoms with E-state index >= 15 is 0 Å². The van der Waals surface area contributed by atoms with Crippen molar-refractivity contribution in [2.75, 3.05) is 19.7 Å². The number of nitrogens with one attached hydrogen (secondary N) is 1. The summed E-state index contributed by atoms with van der Waals surface area (Å²) in [6, 6.07) is 3.46. The van der Waals surface area contributed by atoms with E-state index in [1.807, 2.05) is 0 Å². The van der Waals surface area contributed by atoms with Crippen LogP contribution in [0.4, 0.5) is 8.78 Å². The first-order chi connectivity index (χ1) is 7.22. The normalized spacial score (nSPS) is 25.8. The molecule has 2 rings (SSSR count). The summed E-state index contributed by atoms with van der Waals surface area (Å²) in [5, 5.41) is 12.2. The topological polar surface area (TPSA) is 32.3 Å². The number of aliphatic hydroxyl groups excluding tert-OH is 1. The molecule has 15 heavy (non-hydrogen) atoms. The van der Waals surface area contributed by atoms with Crippen LogP contribution in [-0.4, -0.2) is 24.8 Å². The maximum Gasteiger partial charge on any atom is 0.126 e. The quantitative estimate of drug-likeness (QED) is 0.775. The van der Waals surface area contributed by atoms with Crippen LogP contribution in [0.25, 0.3) is 0 Å². The Bertz CT molecular complexity index is 356. The molecule has 0 spiro atoms. The first-order valence-corrected chi connectivity index (χ1v) is 4.99. The van der Waals surface area contributed by atoms with Crippen LogP contribution in [0.3, 0.4) is 0 Å². The van der Waals surface area contributed by atoms with Crippen molar-refractivity contribution in [1.82, 2.24) is 5.32 Å². The second-order valence-corrected chi connectivity index (χ2v) is 3.87. The third kappa shape index (κ3) is 2.01. The molecule has 1 aromatic rings. The van der Waals surface area contributed by atoms with Crippen molar-refractivity contribution in [1.29, 1.82) is 0 Å². The molecule has 0 saturated carbocycles. The predicted molar refractivity (Wildman–Crippen MR) is 52.5 cm³/mol. The molecule has 0 aliphatic carbocycles. The highest BCUT2D eigenvalue weighted by Gasteiger charge is 2.29. The second kappa shape index (κ2) is 4.24. The van der Waals surface area contributed by atoms with Crippen molar-refractivity contribution >= 4 is 0 Å². The highest BCUT2D eigenvalue weighted by Crippen LogP contribution is 2.29. The number of hydrogen-bond donors (Lipinski definition) is 2. The number of halogens is 2. The highest BCUT2D eigenvalue weighted by molar-refractivity contribution is 5.25. The molecule has 2 atom stereocenters. The van der Waals surface area contributed by atoms with Crippen LogP contribution >= 0.6 is 0 Å². The Labute approximate surface area is 86.9 Å². The molecule has 0 amide bonds. The average Bonchev–Trinajstić information content (AvgIpc) is 2.69. The Morgan fingerprint density at radius 3 is 2.87 bits per heavy atom. The summed E-state index contributed by atoms with van der Waals surface area (Å²) >= 11 is 0. The lowest BCUT2D eigenvalue weighted by Gasteiger charge is -2.17. The molecule has 1 aliphatic rings. The van der Waals surface area contributed by atoms with Gasteiger partial charge < -0.3 is 10.4 Å². The van der Waals surface area contributed by atoms with Gasteiger partial charge in [-0.15, -0.1) is 0 Å². The van der Waals surface area contributed by atoms with Crippen molar-refractivity contribution < 1.29 is 13.9 Å². The fraction of sp³-hybridized carbons (Fsp3) is 0.455. The minimum absolute atomic E-state index is 0.00633. The monoisotopic (exact) mass is 213 g/mol. The smallest absolute Gasteiger partial charge is 0.126 e. The molecule has 1 aliphatic heterocycles. The maximum atomic E-state index is 13.5. The van der Waals surface area contributed by atoms with Crippen LogP contribution < -0.4 is 5.32 Å². The molecule has 0 bridgehead atoms. The SMILES string of the molecule is OC[C@H]1CNC[C@@H]1c1cc(F)ccc1F. The van der Waals surface area contributed by atoms with Gasteiger partial charge in [0, 0.05) is 31.5 Å². The predicted octanol–water partition coefficient (Wildman–Crippen LogP) is 1.26. The van der Waals surface area contributed by atoms with Gasteiger partial charge in [0.05, 0.1) is 0 Å². The van der Waals surface area contributed by atoms with Crippen LogP contribution in [0.15, 0.2) is 18.2 Å². The molecule has 1 saturated heterocycles. The third-order valence-corrected chi connectivity index (χ3v) is 2.93. The number of rotatable bonds is 2. The van der Waals surface area contributed by atoms with Gasteiger partial charge in [0.2, 0.25) is 0 Å². The molecule has 2 N–H and O–H groups in total. The summed E-state index contributed by atoms with van der Waals surface area (Å²) in [6.45, 7) is 1.23. The summed E-state index contributed by atoms with van der Waals surface area (Å²) in [4.78, 5) is 0. The van der Waals surface area contributed by atoms with Gasteiger partial charge in [-0.3, -0.25) is 0 Å². The summed E-state index contributed by atoms with van der Waals surface area (Å²) in [5.41, 5.74) is 0.360. The average molecular weight is 213 g/mol. The number of aliphatic hydroxyl groups is 1. The van der Waals surface area contributed by atoms with Gasteiger partial charge in [-0.05, 0) is 23.8 Å². The van der Waals surface area contributed by atoms with Gasteiger partial charge in [-0.1, -0.05) is 0 Å². The van der Waals surface area contributed by atoms with Crippen LogP contribution in [0.1, 0.15) is 11.5 Å². The zero-order valence-electron chi connectivity index (χ0n) is 8.21. The largest absolute Gasteiger partial charge is 0.396 e. The molecule has 1 aromatic carbocycles. The molecule has 0 aromatic heterocycles. The molecular formula is C11H13F2NO. The highest BCUT2D eigenvalue weighted by atomic mass is 19.1. The number of hydrogen-bond acceptors (Lipinski definition) is 2.